The number of carbonyl (C=O) groups is 3. The molecule has 2 aromatic carbocycles. The van der Waals surface area contributed by atoms with Gasteiger partial charge in [0, 0.05) is 36.5 Å². The van der Waals surface area contributed by atoms with E-state index < -0.39 is 17.6 Å². The highest BCUT2D eigenvalue weighted by molar-refractivity contribution is 5.97. The highest BCUT2D eigenvalue weighted by Crippen LogP contribution is 2.22. The molecule has 8 heteroatoms. The van der Waals surface area contributed by atoms with Crippen molar-refractivity contribution in [2.45, 2.75) is 78.4 Å². The van der Waals surface area contributed by atoms with Crippen LogP contribution in [0.25, 0.3) is 11.4 Å². The van der Waals surface area contributed by atoms with Gasteiger partial charge in [0.05, 0.1) is 6.42 Å². The second kappa shape index (κ2) is 12.9. The fourth-order valence-corrected chi connectivity index (χ4v) is 3.94. The highest BCUT2D eigenvalue weighted by Gasteiger charge is 2.23. The predicted molar refractivity (Wildman–Crippen MR) is 156 cm³/mol. The third kappa shape index (κ3) is 9.29. The zero-order valence-corrected chi connectivity index (χ0v) is 24.5. The van der Waals surface area contributed by atoms with E-state index in [1.165, 1.54) is 0 Å². The van der Waals surface area contributed by atoms with Crippen molar-refractivity contribution < 1.29 is 19.1 Å². The lowest BCUT2D eigenvalue weighted by atomic mass is 9.86. The Kier molecular flexibility index (Phi) is 9.79. The van der Waals surface area contributed by atoms with Crippen LogP contribution < -0.4 is 10.6 Å². The molecule has 8 nitrogen and oxygen atoms in total. The third-order valence-corrected chi connectivity index (χ3v) is 6.12. The molecule has 40 heavy (non-hydrogen) atoms. The van der Waals surface area contributed by atoms with E-state index in [-0.39, 0.29) is 36.6 Å². The van der Waals surface area contributed by atoms with E-state index in [4.69, 9.17) is 4.74 Å². The Morgan fingerprint density at radius 1 is 0.875 bits per heavy atom. The number of carbonyl (C=O) groups excluding carboxylic acids is 3. The maximum Gasteiger partial charge on any atom is 0.308 e. The first-order chi connectivity index (χ1) is 18.7. The molecule has 0 aliphatic carbocycles. The molecule has 2 N–H and O–H groups in total. The minimum atomic E-state index is -0.852. The molecule has 2 amide bonds. The summed E-state index contributed by atoms with van der Waals surface area (Å²) in [6.45, 7) is 13.7. The molecule has 0 saturated heterocycles. The molecule has 1 heterocycles. The lowest BCUT2D eigenvalue weighted by molar-refractivity contribution is -0.154. The quantitative estimate of drug-likeness (QED) is 0.369. The number of aryl methyl sites for hydroxylation is 1. The number of aromatic nitrogens is 2. The molecule has 0 spiro atoms. The summed E-state index contributed by atoms with van der Waals surface area (Å²) in [4.78, 5) is 47.1. The summed E-state index contributed by atoms with van der Waals surface area (Å²) < 4.78 is 5.32. The first kappa shape index (κ1) is 30.5. The highest BCUT2D eigenvalue weighted by atomic mass is 16.6. The van der Waals surface area contributed by atoms with Gasteiger partial charge in [-0.05, 0) is 61.9 Å². The van der Waals surface area contributed by atoms with Crippen molar-refractivity contribution in [3.8, 4) is 11.4 Å². The maximum atomic E-state index is 13.2. The third-order valence-electron chi connectivity index (χ3n) is 6.12. The fourth-order valence-electron chi connectivity index (χ4n) is 3.94. The van der Waals surface area contributed by atoms with Crippen LogP contribution in [0.1, 0.15) is 75.0 Å². The van der Waals surface area contributed by atoms with E-state index in [1.807, 2.05) is 43.3 Å². The zero-order chi connectivity index (χ0) is 29.5. The van der Waals surface area contributed by atoms with Crippen LogP contribution in [0.5, 0.6) is 0 Å². The van der Waals surface area contributed by atoms with Crippen molar-refractivity contribution in [1.82, 2.24) is 20.6 Å². The molecule has 0 saturated carbocycles. The van der Waals surface area contributed by atoms with Crippen molar-refractivity contribution in [2.24, 2.45) is 0 Å². The Balaban J connectivity index is 1.73. The summed E-state index contributed by atoms with van der Waals surface area (Å²) in [6, 6.07) is 14.1. The summed E-state index contributed by atoms with van der Waals surface area (Å²) in [6.07, 6.45) is 3.82. The topological polar surface area (TPSA) is 110 Å². The normalized spacial score (nSPS) is 12.4. The lowest BCUT2D eigenvalue weighted by Gasteiger charge is -2.21. The van der Waals surface area contributed by atoms with Gasteiger partial charge >= 0.3 is 5.97 Å². The number of benzene rings is 2. The number of nitrogens with one attached hydrogen (secondary N) is 2. The predicted octanol–water partition coefficient (Wildman–Crippen LogP) is 4.94. The number of esters is 1. The second-order valence-corrected chi connectivity index (χ2v) is 12.0. The number of ether oxygens (including phenoxy) is 1. The van der Waals surface area contributed by atoms with Crippen LogP contribution in [-0.4, -0.2) is 45.9 Å². The Bertz CT molecular complexity index is 1300. The summed E-state index contributed by atoms with van der Waals surface area (Å²) >= 11 is 0. The molecule has 3 rings (SSSR count). The van der Waals surface area contributed by atoms with Crippen LogP contribution in [0, 0.1) is 6.92 Å². The van der Waals surface area contributed by atoms with Crippen molar-refractivity contribution in [3.63, 3.8) is 0 Å². The summed E-state index contributed by atoms with van der Waals surface area (Å²) in [5, 5.41) is 5.65. The van der Waals surface area contributed by atoms with Crippen LogP contribution in [0.3, 0.4) is 0 Å². The summed E-state index contributed by atoms with van der Waals surface area (Å²) in [5.41, 5.74) is 3.61. The van der Waals surface area contributed by atoms with Crippen LogP contribution in [0.2, 0.25) is 0 Å². The van der Waals surface area contributed by atoms with Gasteiger partial charge in [-0.25, -0.2) is 9.97 Å². The molecule has 0 aliphatic heterocycles. The molecular weight excluding hydrogens is 504 g/mol. The largest absolute Gasteiger partial charge is 0.460 e. The molecule has 0 aliphatic rings. The first-order valence-electron chi connectivity index (χ1n) is 13.5. The van der Waals surface area contributed by atoms with E-state index in [0.717, 1.165) is 22.3 Å². The number of amides is 2. The molecule has 0 fully saturated rings. The molecule has 1 aromatic heterocycles. The Labute approximate surface area is 237 Å². The Morgan fingerprint density at radius 2 is 1.48 bits per heavy atom. The second-order valence-electron chi connectivity index (χ2n) is 12.0. The van der Waals surface area contributed by atoms with Gasteiger partial charge in [-0.3, -0.25) is 14.4 Å². The van der Waals surface area contributed by atoms with E-state index >= 15 is 0 Å². The SMILES string of the molecule is Cc1cnc(-c2ccc(C[C@H](NC(=O)c3ccc(C(C)(C)C)cc3)C(=O)NCCC(=O)OC(C)(C)C)cc2)nc1. The fraction of sp³-hybridized carbons (Fsp3) is 0.406. The summed E-state index contributed by atoms with van der Waals surface area (Å²) in [5.74, 6) is -0.520. The molecule has 1 atom stereocenters. The van der Waals surface area contributed by atoms with Gasteiger partial charge in [0.1, 0.15) is 11.6 Å². The monoisotopic (exact) mass is 544 g/mol. The molecular formula is C32H40N4O4. The lowest BCUT2D eigenvalue weighted by Crippen LogP contribution is -2.48. The van der Waals surface area contributed by atoms with Gasteiger partial charge in [-0.1, -0.05) is 57.2 Å². The molecule has 0 unspecified atom stereocenters. The Morgan fingerprint density at radius 3 is 2.02 bits per heavy atom. The molecule has 0 bridgehead atoms. The number of hydrogen-bond acceptors (Lipinski definition) is 6. The first-order valence-corrected chi connectivity index (χ1v) is 13.5. The van der Waals surface area contributed by atoms with Crippen LogP contribution >= 0.6 is 0 Å². The van der Waals surface area contributed by atoms with Crippen molar-refractivity contribution >= 4 is 17.8 Å². The Hall–Kier alpha value is -4.07. The van der Waals surface area contributed by atoms with Crippen molar-refractivity contribution in [1.29, 1.82) is 0 Å². The molecule has 212 valence electrons. The van der Waals surface area contributed by atoms with Crippen LogP contribution in [-0.2, 0) is 26.2 Å². The minimum Gasteiger partial charge on any atom is -0.460 e. The van der Waals surface area contributed by atoms with Gasteiger partial charge in [-0.15, -0.1) is 0 Å². The zero-order valence-electron chi connectivity index (χ0n) is 24.5. The van der Waals surface area contributed by atoms with Crippen LogP contribution in [0.15, 0.2) is 60.9 Å². The number of nitrogens with zero attached hydrogens (tertiary/aromatic N) is 2. The van der Waals surface area contributed by atoms with E-state index in [9.17, 15) is 14.4 Å². The van der Waals surface area contributed by atoms with Gasteiger partial charge in [0.15, 0.2) is 5.82 Å². The average molecular weight is 545 g/mol. The average Bonchev–Trinajstić information content (AvgIpc) is 2.87. The van der Waals surface area contributed by atoms with E-state index in [1.54, 1.807) is 45.3 Å². The van der Waals surface area contributed by atoms with Crippen LogP contribution in [0.4, 0.5) is 0 Å². The maximum absolute atomic E-state index is 13.2. The van der Waals surface area contributed by atoms with Gasteiger partial charge in [0.2, 0.25) is 5.91 Å². The smallest absolute Gasteiger partial charge is 0.308 e. The molecule has 3 aromatic rings. The van der Waals surface area contributed by atoms with Gasteiger partial charge in [0.25, 0.3) is 5.91 Å². The molecule has 0 radical (unpaired) electrons. The van der Waals surface area contributed by atoms with E-state index in [0.29, 0.717) is 11.4 Å². The van der Waals surface area contributed by atoms with Crippen molar-refractivity contribution in [3.05, 3.63) is 83.2 Å². The summed E-state index contributed by atoms with van der Waals surface area (Å²) in [7, 11) is 0. The van der Waals surface area contributed by atoms with Gasteiger partial charge < -0.3 is 15.4 Å². The standard InChI is InChI=1S/C32H40N4O4/c1-21-19-34-28(35-20-21)23-10-8-22(9-11-23)18-26(30(39)33-17-16-27(37)40-32(5,6)7)36-29(38)24-12-14-25(15-13-24)31(2,3)4/h8-15,19-20,26H,16-18H2,1-7H3,(H,33,39)(H,36,38)/t26-/m0/s1. The number of rotatable bonds is 9. The van der Waals surface area contributed by atoms with Gasteiger partial charge in [-0.2, -0.15) is 0 Å². The van der Waals surface area contributed by atoms with Crippen molar-refractivity contribution in [2.75, 3.05) is 6.54 Å². The minimum absolute atomic E-state index is 0.0309. The van der Waals surface area contributed by atoms with E-state index in [2.05, 4.69) is 41.4 Å². The number of hydrogen-bond donors (Lipinski definition) is 2.